The van der Waals surface area contributed by atoms with Gasteiger partial charge in [-0.05, 0) is 132 Å². The molecule has 2 bridgehead atoms. The molecule has 5 saturated heterocycles. The van der Waals surface area contributed by atoms with Crippen molar-refractivity contribution in [2.75, 3.05) is 26.3 Å². The Morgan fingerprint density at radius 3 is 2.47 bits per heavy atom. The Bertz CT molecular complexity index is 1490. The van der Waals surface area contributed by atoms with E-state index in [-0.39, 0.29) is 85.1 Å². The van der Waals surface area contributed by atoms with Crippen molar-refractivity contribution < 1.29 is 49.5 Å². The molecule has 13 heteroatoms. The molecule has 5 heterocycles. The molecule has 8 rings (SSSR count). The first-order chi connectivity index (χ1) is 28.4. The number of rotatable bonds is 9. The van der Waals surface area contributed by atoms with E-state index in [0.717, 1.165) is 95.6 Å². The highest BCUT2D eigenvalue weighted by Gasteiger charge is 2.66. The van der Waals surface area contributed by atoms with Crippen LogP contribution >= 0.6 is 0 Å². The van der Waals surface area contributed by atoms with Crippen LogP contribution in [0.2, 0.25) is 0 Å². The number of ether oxygens (including phenoxy) is 3. The summed E-state index contributed by atoms with van der Waals surface area (Å²) < 4.78 is 21.4. The average Bonchev–Trinajstić information content (AvgIpc) is 3.75. The van der Waals surface area contributed by atoms with Crippen LogP contribution in [0.3, 0.4) is 0 Å². The number of aliphatic hydroxyl groups excluding tert-OH is 4. The smallest absolute Gasteiger partial charge is 0.334 e. The monoisotopic (exact) mass is 830 g/mol. The van der Waals surface area contributed by atoms with Crippen molar-refractivity contribution >= 4 is 11.8 Å². The molecule has 0 aromatic heterocycles. The van der Waals surface area contributed by atoms with Crippen LogP contribution in [0, 0.1) is 65.1 Å². The fourth-order valence-electron chi connectivity index (χ4n) is 14.5. The van der Waals surface area contributed by atoms with Crippen LogP contribution < -0.4 is 22.1 Å². The van der Waals surface area contributed by atoms with E-state index in [1.807, 2.05) is 13.0 Å². The minimum absolute atomic E-state index is 0.00968. The van der Waals surface area contributed by atoms with Gasteiger partial charge in [-0.2, -0.15) is 0 Å². The average molecular weight is 830 g/mol. The Hall–Kier alpha value is -1.52. The lowest BCUT2D eigenvalue weighted by atomic mass is 9.51. The predicted molar refractivity (Wildman–Crippen MR) is 220 cm³/mol. The van der Waals surface area contributed by atoms with Crippen molar-refractivity contribution in [1.29, 1.82) is 0 Å². The van der Waals surface area contributed by atoms with Gasteiger partial charge in [-0.25, -0.2) is 4.79 Å². The number of fused-ring (bicyclic) bond motifs is 4. The van der Waals surface area contributed by atoms with Gasteiger partial charge in [-0.15, -0.1) is 0 Å². The van der Waals surface area contributed by atoms with Gasteiger partial charge in [0.05, 0.1) is 55.8 Å². The number of nitrogens with two attached hydrogens (primary N) is 3. The summed E-state index contributed by atoms with van der Waals surface area (Å²) in [5, 5.41) is 51.6. The minimum Gasteiger partial charge on any atom is -0.456 e. The van der Waals surface area contributed by atoms with E-state index in [1.165, 1.54) is 0 Å². The zero-order chi connectivity index (χ0) is 41.6. The van der Waals surface area contributed by atoms with Crippen LogP contribution in [0.1, 0.15) is 117 Å². The van der Waals surface area contributed by atoms with Gasteiger partial charge in [0, 0.05) is 42.8 Å². The van der Waals surface area contributed by atoms with Gasteiger partial charge in [0.25, 0.3) is 0 Å². The summed E-state index contributed by atoms with van der Waals surface area (Å²) in [5.74, 6) is -2.05. The summed E-state index contributed by atoms with van der Waals surface area (Å²) in [6.07, 6.45) is 10.2. The number of esters is 1. The summed E-state index contributed by atoms with van der Waals surface area (Å²) in [4.78, 5) is 28.8. The lowest BCUT2D eigenvalue weighted by molar-refractivity contribution is -0.703. The normalized spacial score (nSPS) is 47.8. The van der Waals surface area contributed by atoms with Crippen molar-refractivity contribution in [3.8, 4) is 0 Å². The zero-order valence-electron chi connectivity index (χ0n) is 35.8. The number of carbonyl (C=O) groups excluding carboxylic acids is 2. The topological polar surface area (TPSA) is 223 Å². The van der Waals surface area contributed by atoms with Gasteiger partial charge >= 0.3 is 5.97 Å². The molecule has 59 heavy (non-hydrogen) atoms. The second-order valence-electron chi connectivity index (χ2n) is 20.6. The number of ketones is 1. The van der Waals surface area contributed by atoms with Crippen molar-refractivity contribution in [2.24, 2.45) is 76.6 Å². The number of hydrogen-bond donors (Lipinski definition) is 8. The van der Waals surface area contributed by atoms with Crippen LogP contribution in [0.25, 0.3) is 0 Å². The number of hydrogen-bond acceptors (Lipinski definition) is 12. The van der Waals surface area contributed by atoms with Gasteiger partial charge in [0.1, 0.15) is 23.7 Å². The summed E-state index contributed by atoms with van der Waals surface area (Å²) in [6, 6.07) is 0. The first-order valence-corrected chi connectivity index (χ1v) is 23.8. The molecule has 8 aliphatic rings. The Kier molecular flexibility index (Phi) is 14.0. The second-order valence-corrected chi connectivity index (χ2v) is 20.6. The standard InChI is InChI=1S/C46H76N4O9/c1-3-30(25-7-4-5-8-25)45(56)58-36-20-33-41(55)39-35(54)19-29(22-51)57-43(39)40-38(34(23-52)26-9-6-10-28(53)18-26)31-15-16-49-44(48)32(31)13-12-27(46(36,2)59-42(33)40)17-24-11-14-37(47)50-21-24/h3,24-29,31-34,36-44,49-53,55H,4-23,47-48H2,1-2H3/p+1/t24?,26?,27-,28?,29?,31?,32?,33?,34+,36-,37?,38+,39?,40?,41?,42?,43?,44?,46-/m0/s1. The third-order valence-corrected chi connectivity index (χ3v) is 17.6. The van der Waals surface area contributed by atoms with Crippen LogP contribution in [-0.2, 0) is 23.8 Å². The highest BCUT2D eigenvalue weighted by atomic mass is 16.6. The predicted octanol–water partition coefficient (Wildman–Crippen LogP) is 1.87. The summed E-state index contributed by atoms with van der Waals surface area (Å²) in [6.45, 7) is 5.29. The quantitative estimate of drug-likeness (QED) is 0.123. The third-order valence-electron chi connectivity index (χ3n) is 17.6. The van der Waals surface area contributed by atoms with Crippen molar-refractivity contribution in [3.05, 3.63) is 11.6 Å². The molecule has 11 N–H and O–H groups in total. The molecule has 334 valence electrons. The number of allylic oxidation sites excluding steroid dienone is 1. The van der Waals surface area contributed by atoms with Gasteiger partial charge < -0.3 is 51.0 Å². The first kappa shape index (κ1) is 44.1. The van der Waals surface area contributed by atoms with E-state index >= 15 is 0 Å². The molecule has 8 fully saturated rings. The van der Waals surface area contributed by atoms with Gasteiger partial charge in [0.2, 0.25) is 0 Å². The highest BCUT2D eigenvalue weighted by Crippen LogP contribution is 2.59. The molecule has 0 amide bonds. The fourth-order valence-corrected chi connectivity index (χ4v) is 14.5. The van der Waals surface area contributed by atoms with Crippen LogP contribution in [-0.4, -0.2) is 113 Å². The maximum Gasteiger partial charge on any atom is 0.334 e. The van der Waals surface area contributed by atoms with Crippen molar-refractivity contribution in [3.63, 3.8) is 0 Å². The largest absolute Gasteiger partial charge is 0.456 e. The molecular formula is C46H77N4O9+. The highest BCUT2D eigenvalue weighted by molar-refractivity contribution is 5.89. The maximum absolute atomic E-state index is 14.5. The van der Waals surface area contributed by atoms with Crippen molar-refractivity contribution in [2.45, 2.75) is 171 Å². The molecule has 0 radical (unpaired) electrons. The first-order valence-electron chi connectivity index (χ1n) is 23.8. The molecule has 3 saturated carbocycles. The zero-order valence-corrected chi connectivity index (χ0v) is 35.8. The van der Waals surface area contributed by atoms with Gasteiger partial charge in [-0.3, -0.25) is 10.5 Å². The summed E-state index contributed by atoms with van der Waals surface area (Å²) >= 11 is 0. The number of quaternary nitrogens is 1. The summed E-state index contributed by atoms with van der Waals surface area (Å²) in [7, 11) is 0. The third kappa shape index (κ3) is 8.62. The molecule has 0 aromatic rings. The molecule has 14 unspecified atom stereocenters. The number of Topliss-reactive ketones (excluding diaryl/α,β-unsaturated/α-hetero) is 1. The number of nitrogens with one attached hydrogen (secondary N) is 1. The van der Waals surface area contributed by atoms with Crippen LogP contribution in [0.4, 0.5) is 0 Å². The van der Waals surface area contributed by atoms with Crippen LogP contribution in [0.15, 0.2) is 11.6 Å². The van der Waals surface area contributed by atoms with E-state index in [2.05, 4.69) is 17.6 Å². The number of piperidine rings is 2. The molecule has 5 aliphatic heterocycles. The van der Waals surface area contributed by atoms with E-state index in [1.54, 1.807) is 0 Å². The van der Waals surface area contributed by atoms with Gasteiger partial charge in [-0.1, -0.05) is 25.3 Å². The SMILES string of the molecule is CC=C(C(=O)O[C@H]1CC2C(O)C3C(=O)CC(CO)OC3C3C2O[C@@]1(C)[C@H](CC1CCC(N)[NH2+]C1)CCC1C(N)NCCC1[C@@H]3[C@H](CO)C1CCCC(O)C1)C1CCCC1. The molecule has 0 aromatic carbocycles. The number of aliphatic hydroxyl groups is 4. The Morgan fingerprint density at radius 2 is 1.78 bits per heavy atom. The lowest BCUT2D eigenvalue weighted by Crippen LogP contribution is -2.95. The second kappa shape index (κ2) is 18.7. The molecule has 19 atom stereocenters. The molecule has 13 nitrogen and oxygen atoms in total. The van der Waals surface area contributed by atoms with E-state index in [4.69, 9.17) is 25.7 Å². The van der Waals surface area contributed by atoms with Crippen LogP contribution in [0.5, 0.6) is 0 Å². The van der Waals surface area contributed by atoms with E-state index in [9.17, 15) is 30.0 Å². The molecular weight excluding hydrogens is 753 g/mol. The Morgan fingerprint density at radius 1 is 0.983 bits per heavy atom. The van der Waals surface area contributed by atoms with E-state index < -0.39 is 60.0 Å². The number of carbonyl (C=O) groups is 2. The summed E-state index contributed by atoms with van der Waals surface area (Å²) in [5.41, 5.74) is 13.3. The van der Waals surface area contributed by atoms with E-state index in [0.29, 0.717) is 25.3 Å². The molecule has 0 spiro atoms. The lowest BCUT2D eigenvalue weighted by Gasteiger charge is -2.63. The Balaban J connectivity index is 1.27. The Labute approximate surface area is 351 Å². The minimum atomic E-state index is -1.11. The maximum atomic E-state index is 14.5. The van der Waals surface area contributed by atoms with Gasteiger partial charge in [0.15, 0.2) is 0 Å². The van der Waals surface area contributed by atoms with Crippen molar-refractivity contribution in [1.82, 2.24) is 5.32 Å². The fraction of sp³-hybridized carbons (Fsp3) is 0.913. The molecule has 3 aliphatic carbocycles.